The van der Waals surface area contributed by atoms with E-state index in [0.717, 1.165) is 28.5 Å². The van der Waals surface area contributed by atoms with Gasteiger partial charge in [-0.2, -0.15) is 30.3 Å². The van der Waals surface area contributed by atoms with Gasteiger partial charge in [0.05, 0.1) is 5.69 Å². The maximum absolute atomic E-state index is 4.55. The van der Waals surface area contributed by atoms with Crippen molar-refractivity contribution in [3.05, 3.63) is 134 Å². The number of para-hydroxylation sites is 1. The summed E-state index contributed by atoms with van der Waals surface area (Å²) in [5.74, 6) is 1.00. The monoisotopic (exact) mass is 674 g/mol. The van der Waals surface area contributed by atoms with Crippen molar-refractivity contribution >= 4 is 17.2 Å². The quantitative estimate of drug-likeness (QED) is 0.182. The van der Waals surface area contributed by atoms with Crippen LogP contribution in [0.4, 0.5) is 17.2 Å². The molecule has 0 spiro atoms. The number of aryl methyl sites for hydroxylation is 1. The van der Waals surface area contributed by atoms with Crippen LogP contribution in [0.25, 0.3) is 22.4 Å². The van der Waals surface area contributed by atoms with E-state index >= 15 is 0 Å². The molecule has 3 aromatic carbocycles. The van der Waals surface area contributed by atoms with E-state index in [9.17, 15) is 0 Å². The van der Waals surface area contributed by atoms with Gasteiger partial charge in [0, 0.05) is 18.0 Å². The second-order valence-electron chi connectivity index (χ2n) is 9.11. The maximum Gasteiger partial charge on any atom is 3.00 e. The van der Waals surface area contributed by atoms with Crippen molar-refractivity contribution in [3.63, 3.8) is 0 Å². The fourth-order valence-corrected chi connectivity index (χ4v) is 4.30. The maximum atomic E-state index is 4.55. The SMILES string of the molecule is CC(C)N1[CH-]N(c2[c-]cccc2)c2cccnc21.Cc1cc(-c2[c-]cccc2)ncc1-c1ccccc1.[Ir+3]. The van der Waals surface area contributed by atoms with Gasteiger partial charge >= 0.3 is 20.1 Å². The first-order valence-corrected chi connectivity index (χ1v) is 12.5. The van der Waals surface area contributed by atoms with Crippen LogP contribution in [0.3, 0.4) is 0 Å². The summed E-state index contributed by atoms with van der Waals surface area (Å²) in [6, 6.07) is 39.3. The fraction of sp³-hybridized carbons (Fsp3) is 0.121. The van der Waals surface area contributed by atoms with Crippen LogP contribution in [-0.4, -0.2) is 16.0 Å². The van der Waals surface area contributed by atoms with E-state index in [0.29, 0.717) is 6.04 Å². The molecule has 0 amide bonds. The number of rotatable bonds is 4. The molecule has 1 aliphatic heterocycles. The van der Waals surface area contributed by atoms with Crippen molar-refractivity contribution in [1.29, 1.82) is 0 Å². The summed E-state index contributed by atoms with van der Waals surface area (Å²) in [6.07, 6.45) is 3.78. The van der Waals surface area contributed by atoms with Crippen LogP contribution in [0.15, 0.2) is 109 Å². The van der Waals surface area contributed by atoms with Gasteiger partial charge in [-0.3, -0.25) is 0 Å². The molecule has 5 aromatic rings. The average molecular weight is 674 g/mol. The van der Waals surface area contributed by atoms with Crippen LogP contribution >= 0.6 is 0 Å². The van der Waals surface area contributed by atoms with E-state index in [1.54, 1.807) is 0 Å². The van der Waals surface area contributed by atoms with Gasteiger partial charge in [-0.15, -0.1) is 48.3 Å². The van der Waals surface area contributed by atoms with Gasteiger partial charge < -0.3 is 14.8 Å². The summed E-state index contributed by atoms with van der Waals surface area (Å²) < 4.78 is 0. The molecule has 5 heteroatoms. The standard InChI is InChI=1S/C18H14N.C15H15N3.Ir/c1-14-12-18(16-10-6-3-7-11-16)19-13-17(14)15-8-4-2-5-9-15;1-12(2)17-11-18(13-7-4-3-5-8-13)14-9-6-10-16-15(14)17;/h2-10,12-13H,1H3;3-7,9-12H,1-2H3;/q-1;-2;+3. The fourth-order valence-electron chi connectivity index (χ4n) is 4.30. The molecule has 0 aliphatic carbocycles. The topological polar surface area (TPSA) is 32.3 Å². The molecule has 1 aliphatic rings. The second-order valence-corrected chi connectivity index (χ2v) is 9.11. The summed E-state index contributed by atoms with van der Waals surface area (Å²) in [6.45, 7) is 8.53. The molecule has 6 rings (SSSR count). The Hall–Kier alpha value is -3.79. The van der Waals surface area contributed by atoms with Gasteiger partial charge in [0.15, 0.2) is 0 Å². The van der Waals surface area contributed by atoms with Crippen molar-refractivity contribution < 1.29 is 20.1 Å². The Labute approximate surface area is 239 Å². The molecule has 4 nitrogen and oxygen atoms in total. The van der Waals surface area contributed by atoms with E-state index in [2.05, 4.69) is 89.7 Å². The molecule has 0 atom stereocenters. The number of aromatic nitrogens is 2. The van der Waals surface area contributed by atoms with E-state index in [1.165, 1.54) is 16.7 Å². The normalized spacial score (nSPS) is 11.9. The minimum atomic E-state index is 0. The Balaban J connectivity index is 0.000000173. The summed E-state index contributed by atoms with van der Waals surface area (Å²) in [4.78, 5) is 13.3. The summed E-state index contributed by atoms with van der Waals surface area (Å²) in [5.41, 5.74) is 7.76. The zero-order valence-electron chi connectivity index (χ0n) is 21.7. The smallest absolute Gasteiger partial charge is 0.492 e. The average Bonchev–Trinajstić information content (AvgIpc) is 3.35. The van der Waals surface area contributed by atoms with Crippen molar-refractivity contribution in [2.75, 3.05) is 9.80 Å². The van der Waals surface area contributed by atoms with Crippen LogP contribution in [0.1, 0.15) is 19.4 Å². The largest absolute Gasteiger partial charge is 3.00 e. The number of anilines is 3. The molecule has 0 unspecified atom stereocenters. The molecule has 0 N–H and O–H groups in total. The number of hydrogen-bond donors (Lipinski definition) is 0. The van der Waals surface area contributed by atoms with E-state index in [-0.39, 0.29) is 20.1 Å². The number of fused-ring (bicyclic) bond motifs is 1. The second kappa shape index (κ2) is 12.6. The molecule has 2 aromatic heterocycles. The third-order valence-corrected chi connectivity index (χ3v) is 6.20. The Bertz CT molecular complexity index is 1440. The molecule has 0 saturated carbocycles. The summed E-state index contributed by atoms with van der Waals surface area (Å²) in [5, 5.41) is 0. The zero-order chi connectivity index (χ0) is 25.6. The zero-order valence-corrected chi connectivity index (χ0v) is 24.1. The number of benzene rings is 3. The molecule has 190 valence electrons. The first kappa shape index (κ1) is 27.2. The van der Waals surface area contributed by atoms with Gasteiger partial charge in [0.2, 0.25) is 0 Å². The number of pyridine rings is 2. The van der Waals surface area contributed by atoms with Crippen molar-refractivity contribution in [3.8, 4) is 22.4 Å². The van der Waals surface area contributed by atoms with Gasteiger partial charge in [-0.05, 0) is 55.8 Å². The Morgan fingerprint density at radius 1 is 0.816 bits per heavy atom. The van der Waals surface area contributed by atoms with Crippen LogP contribution in [0.2, 0.25) is 0 Å². The van der Waals surface area contributed by atoms with Crippen molar-refractivity contribution in [1.82, 2.24) is 9.97 Å². The summed E-state index contributed by atoms with van der Waals surface area (Å²) in [7, 11) is 0. The summed E-state index contributed by atoms with van der Waals surface area (Å²) >= 11 is 0. The van der Waals surface area contributed by atoms with Crippen LogP contribution < -0.4 is 9.80 Å². The van der Waals surface area contributed by atoms with E-state index in [4.69, 9.17) is 0 Å². The molecule has 3 heterocycles. The predicted molar refractivity (Wildman–Crippen MR) is 152 cm³/mol. The Kier molecular flexibility index (Phi) is 9.06. The van der Waals surface area contributed by atoms with E-state index < -0.39 is 0 Å². The molecule has 38 heavy (non-hydrogen) atoms. The van der Waals surface area contributed by atoms with Crippen molar-refractivity contribution in [2.24, 2.45) is 0 Å². The van der Waals surface area contributed by atoms with Gasteiger partial charge in [0.1, 0.15) is 5.82 Å². The van der Waals surface area contributed by atoms with Crippen molar-refractivity contribution in [2.45, 2.75) is 26.8 Å². The van der Waals surface area contributed by atoms with Gasteiger partial charge in [0.25, 0.3) is 0 Å². The molecule has 0 fully saturated rings. The number of hydrogen-bond acceptors (Lipinski definition) is 4. The Morgan fingerprint density at radius 3 is 2.21 bits per heavy atom. The third-order valence-electron chi connectivity index (χ3n) is 6.20. The number of nitrogens with zero attached hydrogens (tertiary/aromatic N) is 4. The first-order valence-electron chi connectivity index (χ1n) is 12.5. The van der Waals surface area contributed by atoms with Crippen LogP contribution in [0.5, 0.6) is 0 Å². The molecular weight excluding hydrogens is 645 g/mol. The molecule has 0 bridgehead atoms. The third kappa shape index (κ3) is 6.02. The van der Waals surface area contributed by atoms with E-state index in [1.807, 2.05) is 79.1 Å². The molecular formula is C33H29IrN4. The van der Waals surface area contributed by atoms with Gasteiger partial charge in [-0.25, -0.2) is 4.98 Å². The van der Waals surface area contributed by atoms with Crippen LogP contribution in [-0.2, 0) is 20.1 Å². The van der Waals surface area contributed by atoms with Gasteiger partial charge in [-0.1, -0.05) is 36.4 Å². The molecule has 0 radical (unpaired) electrons. The minimum Gasteiger partial charge on any atom is -0.492 e. The Morgan fingerprint density at radius 2 is 1.55 bits per heavy atom. The predicted octanol–water partition coefficient (Wildman–Crippen LogP) is 7.89. The van der Waals surface area contributed by atoms with Crippen LogP contribution in [0, 0.1) is 25.7 Å². The molecule has 0 saturated heterocycles. The first-order chi connectivity index (χ1) is 18.1. The minimum absolute atomic E-state index is 0.